The molecule has 1 amide bonds. The normalized spacial score (nSPS) is 12.2. The predicted octanol–water partition coefficient (Wildman–Crippen LogP) is 3.13. The molecular weight excluding hydrogens is 260 g/mol. The van der Waals surface area contributed by atoms with Gasteiger partial charge in [0.25, 0.3) is 0 Å². The van der Waals surface area contributed by atoms with Crippen molar-refractivity contribution in [3.8, 4) is 0 Å². The van der Waals surface area contributed by atoms with Crippen molar-refractivity contribution in [3.05, 3.63) is 71.3 Å². The molecule has 0 aliphatic heterocycles. The van der Waals surface area contributed by atoms with E-state index in [9.17, 15) is 4.79 Å². The van der Waals surface area contributed by atoms with Crippen LogP contribution < -0.4 is 11.1 Å². The van der Waals surface area contributed by atoms with Crippen molar-refractivity contribution in [2.24, 2.45) is 5.73 Å². The van der Waals surface area contributed by atoms with E-state index >= 15 is 0 Å². The molecule has 0 bridgehead atoms. The smallest absolute Gasteiger partial charge is 0.241 e. The van der Waals surface area contributed by atoms with Gasteiger partial charge in [-0.25, -0.2) is 0 Å². The molecule has 3 nitrogen and oxygen atoms in total. The van der Waals surface area contributed by atoms with Crippen molar-refractivity contribution in [2.75, 3.05) is 0 Å². The number of carbonyl (C=O) groups excluding carboxylic acids is 1. The number of hydrogen-bond donors (Lipinski definition) is 2. The SMILES string of the molecule is CC(C)c1ccc(CNC(=O)[C@@H](N)c2ccccc2)cc1. The van der Waals surface area contributed by atoms with Crippen LogP contribution in [0.2, 0.25) is 0 Å². The number of hydrogen-bond acceptors (Lipinski definition) is 2. The van der Waals surface area contributed by atoms with Crippen LogP contribution in [0.5, 0.6) is 0 Å². The molecule has 21 heavy (non-hydrogen) atoms. The summed E-state index contributed by atoms with van der Waals surface area (Å²) in [6.07, 6.45) is 0. The Bertz CT molecular complexity index is 576. The first-order valence-electron chi connectivity index (χ1n) is 7.25. The minimum absolute atomic E-state index is 0.158. The van der Waals surface area contributed by atoms with Crippen molar-refractivity contribution in [3.63, 3.8) is 0 Å². The molecule has 3 heteroatoms. The third kappa shape index (κ3) is 4.17. The lowest BCUT2D eigenvalue weighted by molar-refractivity contribution is -0.122. The summed E-state index contributed by atoms with van der Waals surface area (Å²) in [7, 11) is 0. The zero-order valence-electron chi connectivity index (χ0n) is 12.5. The number of amides is 1. The van der Waals surface area contributed by atoms with Gasteiger partial charge in [0.05, 0.1) is 0 Å². The monoisotopic (exact) mass is 282 g/mol. The Hall–Kier alpha value is -2.13. The predicted molar refractivity (Wildman–Crippen MR) is 85.7 cm³/mol. The van der Waals surface area contributed by atoms with E-state index < -0.39 is 6.04 Å². The molecule has 0 saturated carbocycles. The van der Waals surface area contributed by atoms with Gasteiger partial charge in [-0.15, -0.1) is 0 Å². The van der Waals surface area contributed by atoms with Crippen LogP contribution in [0.25, 0.3) is 0 Å². The quantitative estimate of drug-likeness (QED) is 0.885. The van der Waals surface area contributed by atoms with Gasteiger partial charge in [0.2, 0.25) is 5.91 Å². The Balaban J connectivity index is 1.92. The van der Waals surface area contributed by atoms with Gasteiger partial charge < -0.3 is 11.1 Å². The van der Waals surface area contributed by atoms with Crippen LogP contribution in [0.3, 0.4) is 0 Å². The van der Waals surface area contributed by atoms with Crippen molar-refractivity contribution in [1.29, 1.82) is 0 Å². The first kappa shape index (κ1) is 15.3. The lowest BCUT2D eigenvalue weighted by Crippen LogP contribution is -2.33. The maximum Gasteiger partial charge on any atom is 0.241 e. The summed E-state index contributed by atoms with van der Waals surface area (Å²) in [4.78, 5) is 12.1. The van der Waals surface area contributed by atoms with Crippen LogP contribution >= 0.6 is 0 Å². The van der Waals surface area contributed by atoms with Gasteiger partial charge in [0, 0.05) is 6.54 Å². The van der Waals surface area contributed by atoms with E-state index in [4.69, 9.17) is 5.73 Å². The fourth-order valence-corrected chi connectivity index (χ4v) is 2.13. The van der Waals surface area contributed by atoms with Crippen LogP contribution in [0, 0.1) is 0 Å². The van der Waals surface area contributed by atoms with Gasteiger partial charge in [-0.1, -0.05) is 68.4 Å². The van der Waals surface area contributed by atoms with Gasteiger partial charge in [0.15, 0.2) is 0 Å². The van der Waals surface area contributed by atoms with E-state index in [-0.39, 0.29) is 5.91 Å². The lowest BCUT2D eigenvalue weighted by atomic mass is 10.0. The highest BCUT2D eigenvalue weighted by molar-refractivity contribution is 5.82. The second-order valence-electron chi connectivity index (χ2n) is 5.50. The number of carbonyl (C=O) groups is 1. The van der Waals surface area contributed by atoms with Gasteiger partial charge in [-0.3, -0.25) is 4.79 Å². The van der Waals surface area contributed by atoms with E-state index in [0.29, 0.717) is 12.5 Å². The van der Waals surface area contributed by atoms with E-state index in [2.05, 4.69) is 31.3 Å². The molecule has 2 aromatic carbocycles. The van der Waals surface area contributed by atoms with Crippen LogP contribution in [0.15, 0.2) is 54.6 Å². The van der Waals surface area contributed by atoms with Crippen LogP contribution in [0.1, 0.15) is 42.5 Å². The number of nitrogens with two attached hydrogens (primary N) is 1. The lowest BCUT2D eigenvalue weighted by Gasteiger charge is -2.13. The van der Waals surface area contributed by atoms with Crippen molar-refractivity contribution in [2.45, 2.75) is 32.4 Å². The highest BCUT2D eigenvalue weighted by Crippen LogP contribution is 2.15. The van der Waals surface area contributed by atoms with Gasteiger partial charge in [-0.2, -0.15) is 0 Å². The maximum absolute atomic E-state index is 12.1. The average molecular weight is 282 g/mol. The summed E-state index contributed by atoms with van der Waals surface area (Å²) < 4.78 is 0. The standard InChI is InChI=1S/C18H22N2O/c1-13(2)15-10-8-14(9-11-15)12-20-18(21)17(19)16-6-4-3-5-7-16/h3-11,13,17H,12,19H2,1-2H3,(H,20,21)/t17-/m0/s1. The molecule has 0 aromatic heterocycles. The average Bonchev–Trinajstić information content (AvgIpc) is 2.53. The highest BCUT2D eigenvalue weighted by Gasteiger charge is 2.14. The molecule has 0 spiro atoms. The maximum atomic E-state index is 12.1. The molecule has 110 valence electrons. The molecule has 1 atom stereocenters. The summed E-state index contributed by atoms with van der Waals surface area (Å²) >= 11 is 0. The molecule has 0 aliphatic rings. The van der Waals surface area contributed by atoms with Crippen molar-refractivity contribution >= 4 is 5.91 Å². The molecule has 3 N–H and O–H groups in total. The summed E-state index contributed by atoms with van der Waals surface area (Å²) in [5.41, 5.74) is 9.15. The Labute approximate surface area is 126 Å². The summed E-state index contributed by atoms with van der Waals surface area (Å²) in [5, 5.41) is 2.88. The minimum atomic E-state index is -0.624. The molecule has 0 aliphatic carbocycles. The topological polar surface area (TPSA) is 55.1 Å². The zero-order chi connectivity index (χ0) is 15.2. The van der Waals surface area contributed by atoms with Gasteiger partial charge >= 0.3 is 0 Å². The third-order valence-corrected chi connectivity index (χ3v) is 3.55. The third-order valence-electron chi connectivity index (χ3n) is 3.55. The number of nitrogens with one attached hydrogen (secondary N) is 1. The molecule has 0 saturated heterocycles. The first-order chi connectivity index (χ1) is 10.1. The van der Waals surface area contributed by atoms with E-state index in [1.165, 1.54) is 5.56 Å². The minimum Gasteiger partial charge on any atom is -0.350 e. The van der Waals surface area contributed by atoms with E-state index in [0.717, 1.165) is 11.1 Å². The summed E-state index contributed by atoms with van der Waals surface area (Å²) in [6, 6.07) is 17.1. The fourth-order valence-electron chi connectivity index (χ4n) is 2.13. The second kappa shape index (κ2) is 7.04. The summed E-state index contributed by atoms with van der Waals surface area (Å²) in [5.74, 6) is 0.356. The number of benzene rings is 2. The van der Waals surface area contributed by atoms with Crippen LogP contribution in [-0.4, -0.2) is 5.91 Å². The fraction of sp³-hybridized carbons (Fsp3) is 0.278. The van der Waals surface area contributed by atoms with Crippen LogP contribution in [-0.2, 0) is 11.3 Å². The number of rotatable bonds is 5. The molecule has 0 radical (unpaired) electrons. The molecule has 0 fully saturated rings. The van der Waals surface area contributed by atoms with Gasteiger partial charge in [0.1, 0.15) is 6.04 Å². The summed E-state index contributed by atoms with van der Waals surface area (Å²) in [6.45, 7) is 4.82. The molecule has 0 unspecified atom stereocenters. The Morgan fingerprint density at radius 3 is 2.19 bits per heavy atom. The Morgan fingerprint density at radius 1 is 1.00 bits per heavy atom. The molecule has 0 heterocycles. The second-order valence-corrected chi connectivity index (χ2v) is 5.50. The van der Waals surface area contributed by atoms with Gasteiger partial charge in [-0.05, 0) is 22.6 Å². The van der Waals surface area contributed by atoms with E-state index in [1.54, 1.807) is 0 Å². The van der Waals surface area contributed by atoms with Crippen molar-refractivity contribution in [1.82, 2.24) is 5.32 Å². The zero-order valence-corrected chi connectivity index (χ0v) is 12.5. The Morgan fingerprint density at radius 2 is 1.62 bits per heavy atom. The van der Waals surface area contributed by atoms with Crippen LogP contribution in [0.4, 0.5) is 0 Å². The highest BCUT2D eigenvalue weighted by atomic mass is 16.2. The Kier molecular flexibility index (Phi) is 5.12. The molecule has 2 rings (SSSR count). The molecule has 2 aromatic rings. The van der Waals surface area contributed by atoms with Crippen molar-refractivity contribution < 1.29 is 4.79 Å². The largest absolute Gasteiger partial charge is 0.350 e. The van der Waals surface area contributed by atoms with E-state index in [1.807, 2.05) is 42.5 Å². The first-order valence-corrected chi connectivity index (χ1v) is 7.25. The molecular formula is C18H22N2O.